The van der Waals surface area contributed by atoms with Gasteiger partial charge in [0.2, 0.25) is 11.8 Å². The van der Waals surface area contributed by atoms with E-state index in [1.807, 2.05) is 0 Å². The fourth-order valence-corrected chi connectivity index (χ4v) is 3.11. The number of hydrogen-bond donors (Lipinski definition) is 3. The molecule has 142 valence electrons. The largest absolute Gasteiger partial charge is 0.326 e. The summed E-state index contributed by atoms with van der Waals surface area (Å²) in [6, 6.07) is 6.68. The Morgan fingerprint density at radius 2 is 1.65 bits per heavy atom. The molecule has 0 unspecified atom stereocenters. The van der Waals surface area contributed by atoms with Gasteiger partial charge in [0.05, 0.1) is 0 Å². The Balaban J connectivity index is 1.77. The Morgan fingerprint density at radius 3 is 2.31 bits per heavy atom. The smallest absolute Gasteiger partial charge is 0.269 e. The summed E-state index contributed by atoms with van der Waals surface area (Å²) in [5.74, 6) is -0.418. The van der Waals surface area contributed by atoms with Crippen molar-refractivity contribution in [3.63, 3.8) is 0 Å². The highest BCUT2D eigenvalue weighted by molar-refractivity contribution is 5.97. The zero-order valence-electron chi connectivity index (χ0n) is 15.5. The number of unbranched alkanes of at least 4 members (excludes halogenated alkanes) is 2. The van der Waals surface area contributed by atoms with E-state index in [4.69, 9.17) is 0 Å². The summed E-state index contributed by atoms with van der Waals surface area (Å²) < 4.78 is 0. The molecular weight excluding hydrogens is 330 g/mol. The molecular formula is C20H29N3O3. The van der Waals surface area contributed by atoms with Gasteiger partial charge in [-0.3, -0.25) is 25.2 Å². The maximum absolute atomic E-state index is 12.2. The average Bonchev–Trinajstić information content (AvgIpc) is 2.67. The molecule has 1 aromatic rings. The van der Waals surface area contributed by atoms with E-state index in [0.717, 1.165) is 44.9 Å². The highest BCUT2D eigenvalue weighted by Gasteiger charge is 2.21. The van der Waals surface area contributed by atoms with Crippen LogP contribution < -0.4 is 16.2 Å². The van der Waals surface area contributed by atoms with Gasteiger partial charge in [-0.25, -0.2) is 0 Å². The van der Waals surface area contributed by atoms with Gasteiger partial charge in [0.25, 0.3) is 5.91 Å². The Kier molecular flexibility index (Phi) is 8.12. The van der Waals surface area contributed by atoms with E-state index in [1.165, 1.54) is 6.42 Å². The first kappa shape index (κ1) is 19.9. The fraction of sp³-hybridized carbons (Fsp3) is 0.550. The lowest BCUT2D eigenvalue weighted by Gasteiger charge is -2.20. The van der Waals surface area contributed by atoms with Crippen LogP contribution in [0.2, 0.25) is 0 Å². The summed E-state index contributed by atoms with van der Waals surface area (Å²) in [6.07, 6.45) is 8.59. The fourth-order valence-electron chi connectivity index (χ4n) is 3.11. The summed E-state index contributed by atoms with van der Waals surface area (Å²) in [5.41, 5.74) is 5.94. The van der Waals surface area contributed by atoms with Crippen molar-refractivity contribution in [2.45, 2.75) is 64.7 Å². The van der Waals surface area contributed by atoms with E-state index in [-0.39, 0.29) is 23.6 Å². The quantitative estimate of drug-likeness (QED) is 0.514. The predicted octanol–water partition coefficient (Wildman–Crippen LogP) is 3.55. The van der Waals surface area contributed by atoms with E-state index < -0.39 is 0 Å². The van der Waals surface area contributed by atoms with Crippen molar-refractivity contribution in [2.24, 2.45) is 5.92 Å². The van der Waals surface area contributed by atoms with Crippen LogP contribution in [0.5, 0.6) is 0 Å². The van der Waals surface area contributed by atoms with Crippen LogP contribution >= 0.6 is 0 Å². The summed E-state index contributed by atoms with van der Waals surface area (Å²) in [5, 5.41) is 2.92. The van der Waals surface area contributed by atoms with Crippen molar-refractivity contribution in [3.05, 3.63) is 29.8 Å². The molecule has 1 fully saturated rings. The minimum Gasteiger partial charge on any atom is -0.326 e. The van der Waals surface area contributed by atoms with E-state index in [1.54, 1.807) is 24.3 Å². The third-order valence-corrected chi connectivity index (χ3v) is 4.71. The number of benzene rings is 1. The Labute approximate surface area is 155 Å². The number of anilines is 1. The summed E-state index contributed by atoms with van der Waals surface area (Å²) in [4.78, 5) is 35.9. The molecule has 1 saturated carbocycles. The molecule has 1 aliphatic carbocycles. The summed E-state index contributed by atoms with van der Waals surface area (Å²) >= 11 is 0. The van der Waals surface area contributed by atoms with Gasteiger partial charge in [0, 0.05) is 23.6 Å². The number of carbonyl (C=O) groups is 3. The SMILES string of the molecule is CCCCCC(=O)NNC(=O)c1ccc(NC(=O)C2CCCCC2)cc1. The molecule has 1 aliphatic rings. The molecule has 6 nitrogen and oxygen atoms in total. The normalized spacial score (nSPS) is 14.5. The molecule has 1 aromatic carbocycles. The average molecular weight is 359 g/mol. The molecule has 3 amide bonds. The van der Waals surface area contributed by atoms with Crippen molar-refractivity contribution in [1.29, 1.82) is 0 Å². The van der Waals surface area contributed by atoms with Crippen molar-refractivity contribution in [1.82, 2.24) is 10.9 Å². The van der Waals surface area contributed by atoms with Crippen LogP contribution in [0.25, 0.3) is 0 Å². The maximum Gasteiger partial charge on any atom is 0.269 e. The molecule has 0 radical (unpaired) electrons. The third kappa shape index (κ3) is 6.50. The molecule has 0 heterocycles. The molecule has 3 N–H and O–H groups in total. The monoisotopic (exact) mass is 359 g/mol. The lowest BCUT2D eigenvalue weighted by Crippen LogP contribution is -2.41. The van der Waals surface area contributed by atoms with Gasteiger partial charge in [0.1, 0.15) is 0 Å². The second-order valence-electron chi connectivity index (χ2n) is 6.86. The highest BCUT2D eigenvalue weighted by atomic mass is 16.2. The molecule has 2 rings (SSSR count). The van der Waals surface area contributed by atoms with E-state index in [0.29, 0.717) is 17.7 Å². The van der Waals surface area contributed by atoms with Gasteiger partial charge in [-0.1, -0.05) is 39.0 Å². The van der Waals surface area contributed by atoms with Crippen LogP contribution in [-0.2, 0) is 9.59 Å². The number of hydrazine groups is 1. The number of nitrogens with one attached hydrogen (secondary N) is 3. The standard InChI is InChI=1S/C20H29N3O3/c1-2-3-5-10-18(24)22-23-20(26)16-11-13-17(14-12-16)21-19(25)15-8-6-4-7-9-15/h11-15H,2-10H2,1H3,(H,21,25)(H,22,24)(H,23,26). The first-order valence-electron chi connectivity index (χ1n) is 9.60. The molecule has 6 heteroatoms. The van der Waals surface area contributed by atoms with Crippen LogP contribution in [0, 0.1) is 5.92 Å². The molecule has 0 atom stereocenters. The van der Waals surface area contributed by atoms with Crippen molar-refractivity contribution in [2.75, 3.05) is 5.32 Å². The lowest BCUT2D eigenvalue weighted by atomic mass is 9.88. The Bertz CT molecular complexity index is 607. The number of amides is 3. The van der Waals surface area contributed by atoms with E-state index in [9.17, 15) is 14.4 Å². The Hall–Kier alpha value is -2.37. The van der Waals surface area contributed by atoms with Gasteiger partial charge in [0.15, 0.2) is 0 Å². The zero-order chi connectivity index (χ0) is 18.8. The van der Waals surface area contributed by atoms with Crippen LogP contribution in [-0.4, -0.2) is 17.7 Å². The summed E-state index contributed by atoms with van der Waals surface area (Å²) in [7, 11) is 0. The van der Waals surface area contributed by atoms with E-state index in [2.05, 4.69) is 23.1 Å². The highest BCUT2D eigenvalue weighted by Crippen LogP contribution is 2.25. The Morgan fingerprint density at radius 1 is 0.962 bits per heavy atom. The van der Waals surface area contributed by atoms with Crippen molar-refractivity contribution >= 4 is 23.4 Å². The number of hydrogen-bond acceptors (Lipinski definition) is 3. The van der Waals surface area contributed by atoms with Crippen molar-refractivity contribution in [3.8, 4) is 0 Å². The molecule has 0 spiro atoms. The predicted molar refractivity (Wildman–Crippen MR) is 101 cm³/mol. The maximum atomic E-state index is 12.2. The molecule has 0 bridgehead atoms. The zero-order valence-corrected chi connectivity index (χ0v) is 15.5. The lowest BCUT2D eigenvalue weighted by molar-refractivity contribution is -0.122. The second-order valence-corrected chi connectivity index (χ2v) is 6.86. The minimum absolute atomic E-state index is 0.0567. The van der Waals surface area contributed by atoms with Gasteiger partial charge < -0.3 is 5.32 Å². The van der Waals surface area contributed by atoms with Gasteiger partial charge in [-0.2, -0.15) is 0 Å². The van der Waals surface area contributed by atoms with E-state index >= 15 is 0 Å². The van der Waals surface area contributed by atoms with Gasteiger partial charge in [-0.05, 0) is 43.5 Å². The van der Waals surface area contributed by atoms with Crippen LogP contribution in [0.15, 0.2) is 24.3 Å². The topological polar surface area (TPSA) is 87.3 Å². The molecule has 0 aromatic heterocycles. The minimum atomic E-state index is -0.376. The molecule has 0 aliphatic heterocycles. The van der Waals surface area contributed by atoms with Crippen molar-refractivity contribution < 1.29 is 14.4 Å². The summed E-state index contributed by atoms with van der Waals surface area (Å²) in [6.45, 7) is 2.07. The molecule has 0 saturated heterocycles. The number of rotatable bonds is 7. The second kappa shape index (κ2) is 10.6. The number of carbonyl (C=O) groups excluding carboxylic acids is 3. The van der Waals surface area contributed by atoms with Crippen LogP contribution in [0.3, 0.4) is 0 Å². The van der Waals surface area contributed by atoms with Crippen LogP contribution in [0.4, 0.5) is 5.69 Å². The third-order valence-electron chi connectivity index (χ3n) is 4.71. The first-order valence-corrected chi connectivity index (χ1v) is 9.60. The van der Waals surface area contributed by atoms with Gasteiger partial charge >= 0.3 is 0 Å². The first-order chi connectivity index (χ1) is 12.6. The van der Waals surface area contributed by atoms with Gasteiger partial charge in [-0.15, -0.1) is 0 Å². The van der Waals surface area contributed by atoms with Crippen LogP contribution in [0.1, 0.15) is 75.1 Å². The molecule has 26 heavy (non-hydrogen) atoms.